The standard InChI is InChI=1S/C20H18N8S/c1-2-15-22-8-9-28(15)18-16(14-5-3-4-12(10-14)11-21)23-20(29-18)25-19-24-17(26-27-19)13-6-7-13/h3-5,8-10,13H,2,6-7H2,1H3,(H2,23,24,25,26,27). The summed E-state index contributed by atoms with van der Waals surface area (Å²) in [6, 6.07) is 9.67. The second kappa shape index (κ2) is 7.14. The molecule has 0 aliphatic heterocycles. The highest BCUT2D eigenvalue weighted by Crippen LogP contribution is 2.39. The summed E-state index contributed by atoms with van der Waals surface area (Å²) in [6.07, 6.45) is 6.85. The highest BCUT2D eigenvalue weighted by Gasteiger charge is 2.27. The lowest BCUT2D eigenvalue weighted by Crippen LogP contribution is -1.98. The van der Waals surface area contributed by atoms with Crippen LogP contribution in [0.4, 0.5) is 11.1 Å². The van der Waals surface area contributed by atoms with Gasteiger partial charge in [0, 0.05) is 30.3 Å². The highest BCUT2D eigenvalue weighted by atomic mass is 32.1. The van der Waals surface area contributed by atoms with E-state index >= 15 is 0 Å². The molecule has 1 saturated carbocycles. The Labute approximate surface area is 171 Å². The maximum absolute atomic E-state index is 9.28. The largest absolute Gasteiger partial charge is 0.299 e. The van der Waals surface area contributed by atoms with Gasteiger partial charge in [-0.15, -0.1) is 5.10 Å². The number of nitriles is 1. The van der Waals surface area contributed by atoms with E-state index < -0.39 is 0 Å². The SMILES string of the molecule is CCc1nccn1-c1sc(Nc2n[nH]c(C3CC3)n2)nc1-c1cccc(C#N)c1. The molecule has 1 aliphatic rings. The molecular formula is C20H18N8S. The number of benzene rings is 1. The van der Waals surface area contributed by atoms with Gasteiger partial charge < -0.3 is 0 Å². The van der Waals surface area contributed by atoms with Crippen molar-refractivity contribution >= 4 is 22.4 Å². The summed E-state index contributed by atoms with van der Waals surface area (Å²) in [4.78, 5) is 13.8. The van der Waals surface area contributed by atoms with Gasteiger partial charge in [0.05, 0.1) is 11.6 Å². The number of aryl methyl sites for hydroxylation is 1. The van der Waals surface area contributed by atoms with Crippen molar-refractivity contribution in [2.45, 2.75) is 32.1 Å². The zero-order valence-corrected chi connectivity index (χ0v) is 16.6. The van der Waals surface area contributed by atoms with E-state index in [4.69, 9.17) is 4.98 Å². The molecule has 5 rings (SSSR count). The molecule has 0 unspecified atom stereocenters. The number of rotatable bonds is 6. The summed E-state index contributed by atoms with van der Waals surface area (Å²) in [5, 5.41) is 21.4. The summed E-state index contributed by atoms with van der Waals surface area (Å²) >= 11 is 1.51. The second-order valence-electron chi connectivity index (χ2n) is 6.88. The fourth-order valence-electron chi connectivity index (χ4n) is 3.20. The van der Waals surface area contributed by atoms with E-state index in [0.717, 1.165) is 47.2 Å². The van der Waals surface area contributed by atoms with Crippen LogP contribution in [0.25, 0.3) is 16.3 Å². The van der Waals surface area contributed by atoms with Crippen LogP contribution in [0.3, 0.4) is 0 Å². The molecule has 1 aromatic carbocycles. The number of thiazole rings is 1. The molecule has 144 valence electrons. The Bertz CT molecular complexity index is 1210. The quantitative estimate of drug-likeness (QED) is 0.501. The Hall–Kier alpha value is -3.51. The fraction of sp³-hybridized carbons (Fsp3) is 0.250. The van der Waals surface area contributed by atoms with Crippen molar-refractivity contribution in [3.8, 4) is 22.3 Å². The molecule has 1 fully saturated rings. The minimum atomic E-state index is 0.507. The van der Waals surface area contributed by atoms with Gasteiger partial charge >= 0.3 is 0 Å². The lowest BCUT2D eigenvalue weighted by Gasteiger charge is -2.06. The number of aromatic amines is 1. The number of hydrogen-bond donors (Lipinski definition) is 2. The molecule has 0 spiro atoms. The summed E-state index contributed by atoms with van der Waals surface area (Å²) < 4.78 is 2.05. The molecule has 0 amide bonds. The topological polar surface area (TPSA) is 108 Å². The molecule has 1 aliphatic carbocycles. The van der Waals surface area contributed by atoms with Crippen molar-refractivity contribution in [1.82, 2.24) is 29.7 Å². The average molecular weight is 402 g/mol. The molecule has 2 N–H and O–H groups in total. The Balaban J connectivity index is 1.56. The first kappa shape index (κ1) is 17.6. The maximum atomic E-state index is 9.28. The van der Waals surface area contributed by atoms with E-state index in [2.05, 4.69) is 38.5 Å². The number of nitrogens with zero attached hydrogens (tertiary/aromatic N) is 6. The van der Waals surface area contributed by atoms with Crippen LogP contribution in [-0.2, 0) is 6.42 Å². The molecule has 9 heteroatoms. The highest BCUT2D eigenvalue weighted by molar-refractivity contribution is 7.18. The minimum absolute atomic E-state index is 0.507. The smallest absolute Gasteiger partial charge is 0.248 e. The summed E-state index contributed by atoms with van der Waals surface area (Å²) in [6.45, 7) is 2.07. The van der Waals surface area contributed by atoms with Crippen molar-refractivity contribution in [3.05, 3.63) is 53.9 Å². The fourth-order valence-corrected chi connectivity index (χ4v) is 4.19. The Morgan fingerprint density at radius 1 is 1.34 bits per heavy atom. The van der Waals surface area contributed by atoms with Crippen molar-refractivity contribution in [1.29, 1.82) is 5.26 Å². The second-order valence-corrected chi connectivity index (χ2v) is 7.85. The van der Waals surface area contributed by atoms with Crippen LogP contribution in [0.2, 0.25) is 0 Å². The van der Waals surface area contributed by atoms with Crippen LogP contribution >= 0.6 is 11.3 Å². The number of hydrogen-bond acceptors (Lipinski definition) is 7. The predicted molar refractivity (Wildman–Crippen MR) is 110 cm³/mol. The van der Waals surface area contributed by atoms with Crippen LogP contribution in [-0.4, -0.2) is 29.7 Å². The van der Waals surface area contributed by atoms with Crippen LogP contribution in [0.15, 0.2) is 36.7 Å². The monoisotopic (exact) mass is 402 g/mol. The lowest BCUT2D eigenvalue weighted by molar-refractivity contribution is 0.901. The molecule has 0 atom stereocenters. The van der Waals surface area contributed by atoms with E-state index in [0.29, 0.717) is 22.6 Å². The Morgan fingerprint density at radius 2 is 2.24 bits per heavy atom. The first-order chi connectivity index (χ1) is 14.2. The Kier molecular flexibility index (Phi) is 4.33. The van der Waals surface area contributed by atoms with E-state index in [1.54, 1.807) is 12.3 Å². The molecule has 0 saturated heterocycles. The van der Waals surface area contributed by atoms with Gasteiger partial charge in [-0.1, -0.05) is 30.4 Å². The first-order valence-electron chi connectivity index (χ1n) is 9.48. The zero-order valence-electron chi connectivity index (χ0n) is 15.8. The normalized spacial score (nSPS) is 13.4. The van der Waals surface area contributed by atoms with Gasteiger partial charge in [0.15, 0.2) is 5.13 Å². The van der Waals surface area contributed by atoms with Crippen molar-refractivity contribution in [3.63, 3.8) is 0 Å². The molecule has 8 nitrogen and oxygen atoms in total. The van der Waals surface area contributed by atoms with E-state index in [-0.39, 0.29) is 0 Å². The molecule has 29 heavy (non-hydrogen) atoms. The van der Waals surface area contributed by atoms with Gasteiger partial charge in [-0.05, 0) is 25.0 Å². The molecule has 3 heterocycles. The van der Waals surface area contributed by atoms with Gasteiger partial charge in [0.1, 0.15) is 22.3 Å². The van der Waals surface area contributed by atoms with Gasteiger partial charge in [-0.3, -0.25) is 15.0 Å². The van der Waals surface area contributed by atoms with Crippen molar-refractivity contribution in [2.75, 3.05) is 5.32 Å². The maximum Gasteiger partial charge on any atom is 0.248 e. The average Bonchev–Trinajstić information content (AvgIpc) is 3.15. The number of H-pyrrole nitrogens is 1. The van der Waals surface area contributed by atoms with Crippen LogP contribution < -0.4 is 5.32 Å². The summed E-state index contributed by atoms with van der Waals surface area (Å²) in [5.74, 6) is 2.90. The zero-order chi connectivity index (χ0) is 19.8. The molecule has 0 radical (unpaired) electrons. The first-order valence-corrected chi connectivity index (χ1v) is 10.3. The lowest BCUT2D eigenvalue weighted by atomic mass is 10.1. The number of aromatic nitrogens is 6. The third-order valence-corrected chi connectivity index (χ3v) is 5.78. The third-order valence-electron chi connectivity index (χ3n) is 4.81. The molecule has 4 aromatic rings. The van der Waals surface area contributed by atoms with Crippen molar-refractivity contribution < 1.29 is 0 Å². The molecule has 0 bridgehead atoms. The van der Waals surface area contributed by atoms with Crippen LogP contribution in [0, 0.1) is 11.3 Å². The summed E-state index contributed by atoms with van der Waals surface area (Å²) in [5.41, 5.74) is 2.27. The Morgan fingerprint density at radius 3 is 3.03 bits per heavy atom. The molecule has 3 aromatic heterocycles. The van der Waals surface area contributed by atoms with Gasteiger partial charge in [-0.25, -0.2) is 9.97 Å². The predicted octanol–water partition coefficient (Wildman–Crippen LogP) is 4.17. The van der Waals surface area contributed by atoms with E-state index in [9.17, 15) is 5.26 Å². The molecular weight excluding hydrogens is 384 g/mol. The van der Waals surface area contributed by atoms with E-state index in [1.165, 1.54) is 11.3 Å². The van der Waals surface area contributed by atoms with Gasteiger partial charge in [-0.2, -0.15) is 10.2 Å². The van der Waals surface area contributed by atoms with E-state index in [1.807, 2.05) is 29.0 Å². The van der Waals surface area contributed by atoms with Crippen LogP contribution in [0.5, 0.6) is 0 Å². The van der Waals surface area contributed by atoms with Gasteiger partial charge in [0.25, 0.3) is 0 Å². The van der Waals surface area contributed by atoms with Gasteiger partial charge in [0.2, 0.25) is 5.95 Å². The summed E-state index contributed by atoms with van der Waals surface area (Å²) in [7, 11) is 0. The third kappa shape index (κ3) is 3.39. The number of nitrogens with one attached hydrogen (secondary N) is 2. The van der Waals surface area contributed by atoms with Crippen LogP contribution in [0.1, 0.15) is 42.9 Å². The minimum Gasteiger partial charge on any atom is -0.299 e. The number of anilines is 2. The van der Waals surface area contributed by atoms with Crippen molar-refractivity contribution in [2.24, 2.45) is 0 Å². The number of imidazole rings is 1.